The average Bonchev–Trinajstić information content (AvgIpc) is 2.17. The van der Waals surface area contributed by atoms with Gasteiger partial charge in [-0.1, -0.05) is 0 Å². The van der Waals surface area contributed by atoms with Gasteiger partial charge in [0.15, 0.2) is 0 Å². The van der Waals surface area contributed by atoms with Gasteiger partial charge < -0.3 is 15.4 Å². The zero-order valence-corrected chi connectivity index (χ0v) is 11.0. The van der Waals surface area contributed by atoms with Crippen molar-refractivity contribution in [1.29, 1.82) is 5.26 Å². The van der Waals surface area contributed by atoms with Crippen LogP contribution in [-0.4, -0.2) is 43.3 Å². The first kappa shape index (κ1) is 15.4. The van der Waals surface area contributed by atoms with Crippen molar-refractivity contribution in [2.45, 2.75) is 45.3 Å². The molecule has 1 atom stereocenters. The lowest BCUT2D eigenvalue weighted by molar-refractivity contribution is 0.0635. The first-order valence-corrected chi connectivity index (χ1v) is 5.87. The van der Waals surface area contributed by atoms with E-state index in [4.69, 9.17) is 15.7 Å². The molecule has 94 valence electrons. The number of likely N-dealkylation sites (N-methyl/N-ethyl adjacent to an activating group) is 1. The first-order chi connectivity index (χ1) is 7.37. The van der Waals surface area contributed by atoms with Gasteiger partial charge in [0.05, 0.1) is 18.8 Å². The fourth-order valence-electron chi connectivity index (χ4n) is 1.33. The summed E-state index contributed by atoms with van der Waals surface area (Å²) in [5.74, 6) is 0. The van der Waals surface area contributed by atoms with E-state index in [0.717, 1.165) is 32.5 Å². The minimum absolute atomic E-state index is 0.291. The van der Waals surface area contributed by atoms with Gasteiger partial charge in [-0.15, -0.1) is 0 Å². The molecule has 0 spiro atoms. The zero-order valence-electron chi connectivity index (χ0n) is 11.0. The third kappa shape index (κ3) is 8.66. The molecule has 0 aromatic carbocycles. The molecule has 0 fully saturated rings. The van der Waals surface area contributed by atoms with Gasteiger partial charge in [-0.3, -0.25) is 0 Å². The van der Waals surface area contributed by atoms with Gasteiger partial charge in [-0.2, -0.15) is 5.26 Å². The molecule has 0 radical (unpaired) electrons. The molecule has 0 bridgehead atoms. The molecule has 4 nitrogen and oxygen atoms in total. The maximum Gasteiger partial charge on any atom is 0.101 e. The summed E-state index contributed by atoms with van der Waals surface area (Å²) in [5, 5.41) is 8.75. The van der Waals surface area contributed by atoms with E-state index in [2.05, 4.69) is 18.0 Å². The summed E-state index contributed by atoms with van der Waals surface area (Å²) in [4.78, 5) is 2.20. The monoisotopic (exact) mass is 227 g/mol. The van der Waals surface area contributed by atoms with Gasteiger partial charge in [0.2, 0.25) is 0 Å². The summed E-state index contributed by atoms with van der Waals surface area (Å²) in [5.41, 5.74) is 5.05. The first-order valence-electron chi connectivity index (χ1n) is 5.87. The minimum atomic E-state index is -0.685. The SMILES string of the molecule is CC(C)OCCN(C)CCCC(C)(N)C#N. The predicted molar refractivity (Wildman–Crippen MR) is 66.0 cm³/mol. The van der Waals surface area contributed by atoms with Crippen molar-refractivity contribution in [2.24, 2.45) is 5.73 Å². The van der Waals surface area contributed by atoms with E-state index in [9.17, 15) is 0 Å². The lowest BCUT2D eigenvalue weighted by Gasteiger charge is -2.20. The van der Waals surface area contributed by atoms with E-state index in [-0.39, 0.29) is 0 Å². The standard InChI is InChI=1S/C12H25N3O/c1-11(2)16-9-8-15(4)7-5-6-12(3,14)10-13/h11H,5-9,14H2,1-4H3. The van der Waals surface area contributed by atoms with Crippen LogP contribution in [0.15, 0.2) is 0 Å². The highest BCUT2D eigenvalue weighted by Gasteiger charge is 2.16. The molecule has 0 saturated carbocycles. The fourth-order valence-corrected chi connectivity index (χ4v) is 1.33. The summed E-state index contributed by atoms with van der Waals surface area (Å²) in [6, 6.07) is 2.11. The van der Waals surface area contributed by atoms with E-state index in [1.54, 1.807) is 6.92 Å². The quantitative estimate of drug-likeness (QED) is 0.680. The summed E-state index contributed by atoms with van der Waals surface area (Å²) in [7, 11) is 2.06. The topological polar surface area (TPSA) is 62.3 Å². The van der Waals surface area contributed by atoms with Crippen molar-refractivity contribution in [2.75, 3.05) is 26.7 Å². The molecule has 16 heavy (non-hydrogen) atoms. The molecular formula is C12H25N3O. The van der Waals surface area contributed by atoms with Gasteiger partial charge in [0.25, 0.3) is 0 Å². The van der Waals surface area contributed by atoms with E-state index in [1.807, 2.05) is 13.8 Å². The Morgan fingerprint density at radius 2 is 2.06 bits per heavy atom. The number of nitrogens with zero attached hydrogens (tertiary/aromatic N) is 2. The van der Waals surface area contributed by atoms with Crippen LogP contribution in [0, 0.1) is 11.3 Å². The highest BCUT2D eigenvalue weighted by molar-refractivity contribution is 5.00. The summed E-state index contributed by atoms with van der Waals surface area (Å²) < 4.78 is 5.46. The van der Waals surface area contributed by atoms with Gasteiger partial charge in [-0.25, -0.2) is 0 Å². The molecule has 0 saturated heterocycles. The smallest absolute Gasteiger partial charge is 0.101 e. The third-order valence-corrected chi connectivity index (χ3v) is 2.42. The maximum atomic E-state index is 8.75. The molecule has 0 aliphatic rings. The van der Waals surface area contributed by atoms with Crippen LogP contribution in [0.2, 0.25) is 0 Å². The number of nitrogens with two attached hydrogens (primary N) is 1. The van der Waals surface area contributed by atoms with Crippen molar-refractivity contribution in [3.05, 3.63) is 0 Å². The van der Waals surface area contributed by atoms with E-state index in [1.165, 1.54) is 0 Å². The van der Waals surface area contributed by atoms with Crippen LogP contribution in [0.25, 0.3) is 0 Å². The van der Waals surface area contributed by atoms with Crippen molar-refractivity contribution < 1.29 is 4.74 Å². The average molecular weight is 227 g/mol. The summed E-state index contributed by atoms with van der Waals surface area (Å²) in [6.45, 7) is 8.47. The van der Waals surface area contributed by atoms with Crippen LogP contribution in [-0.2, 0) is 4.74 Å². The van der Waals surface area contributed by atoms with E-state index in [0.29, 0.717) is 6.10 Å². The lowest BCUT2D eigenvalue weighted by Crippen LogP contribution is -2.35. The number of hydrogen-bond donors (Lipinski definition) is 1. The van der Waals surface area contributed by atoms with Gasteiger partial charge in [0, 0.05) is 6.54 Å². The minimum Gasteiger partial charge on any atom is -0.377 e. The molecule has 4 heteroatoms. The highest BCUT2D eigenvalue weighted by Crippen LogP contribution is 2.07. The van der Waals surface area contributed by atoms with E-state index < -0.39 is 5.54 Å². The Bertz CT molecular complexity index is 221. The fraction of sp³-hybridized carbons (Fsp3) is 0.917. The normalized spacial score (nSPS) is 15.1. The number of rotatable bonds is 8. The Kier molecular flexibility index (Phi) is 7.31. The Labute approximate surface area is 99.4 Å². The van der Waals surface area contributed by atoms with Crippen LogP contribution >= 0.6 is 0 Å². The summed E-state index contributed by atoms with van der Waals surface area (Å²) >= 11 is 0. The maximum absolute atomic E-state index is 8.75. The van der Waals surface area contributed by atoms with Crippen molar-refractivity contribution in [3.63, 3.8) is 0 Å². The Morgan fingerprint density at radius 1 is 1.44 bits per heavy atom. The van der Waals surface area contributed by atoms with Crippen LogP contribution in [0.4, 0.5) is 0 Å². The van der Waals surface area contributed by atoms with Gasteiger partial charge >= 0.3 is 0 Å². The predicted octanol–water partition coefficient (Wildman–Crippen LogP) is 1.36. The Morgan fingerprint density at radius 3 is 2.56 bits per heavy atom. The Hall–Kier alpha value is -0.630. The van der Waals surface area contributed by atoms with Gasteiger partial charge in [0.1, 0.15) is 5.54 Å². The number of hydrogen-bond acceptors (Lipinski definition) is 4. The molecular weight excluding hydrogens is 202 g/mol. The molecule has 1 unspecified atom stereocenters. The molecule has 0 heterocycles. The molecule has 0 amide bonds. The molecule has 2 N–H and O–H groups in total. The molecule has 0 rings (SSSR count). The van der Waals surface area contributed by atoms with E-state index >= 15 is 0 Å². The molecule has 0 aliphatic carbocycles. The van der Waals surface area contributed by atoms with Crippen LogP contribution in [0.3, 0.4) is 0 Å². The summed E-state index contributed by atoms with van der Waals surface area (Å²) in [6.07, 6.45) is 1.97. The van der Waals surface area contributed by atoms with Crippen LogP contribution in [0.1, 0.15) is 33.6 Å². The van der Waals surface area contributed by atoms with Crippen LogP contribution < -0.4 is 5.73 Å². The van der Waals surface area contributed by atoms with Crippen molar-refractivity contribution >= 4 is 0 Å². The molecule has 0 aromatic rings. The van der Waals surface area contributed by atoms with Crippen molar-refractivity contribution in [3.8, 4) is 6.07 Å². The molecule has 0 aliphatic heterocycles. The Balaban J connectivity index is 3.52. The van der Waals surface area contributed by atoms with Gasteiger partial charge in [-0.05, 0) is 47.2 Å². The molecule has 0 aromatic heterocycles. The van der Waals surface area contributed by atoms with Crippen LogP contribution in [0.5, 0.6) is 0 Å². The highest BCUT2D eigenvalue weighted by atomic mass is 16.5. The second-order valence-corrected chi connectivity index (χ2v) is 4.86. The third-order valence-electron chi connectivity index (χ3n) is 2.42. The zero-order chi connectivity index (χ0) is 12.6. The largest absolute Gasteiger partial charge is 0.377 e. The lowest BCUT2D eigenvalue weighted by atomic mass is 9.99. The van der Waals surface area contributed by atoms with Crippen molar-refractivity contribution in [1.82, 2.24) is 4.90 Å². The second kappa shape index (κ2) is 7.61. The number of ether oxygens (including phenoxy) is 1. The number of nitriles is 1. The second-order valence-electron chi connectivity index (χ2n) is 4.86.